The van der Waals surface area contributed by atoms with Crippen molar-refractivity contribution in [2.24, 2.45) is 5.10 Å². The first-order valence-corrected chi connectivity index (χ1v) is 7.98. The van der Waals surface area contributed by atoms with E-state index in [1.807, 2.05) is 43.3 Å². The number of benzene rings is 2. The van der Waals surface area contributed by atoms with E-state index in [9.17, 15) is 9.59 Å². The van der Waals surface area contributed by atoms with Crippen LogP contribution in [0.5, 0.6) is 0 Å². The van der Waals surface area contributed by atoms with Gasteiger partial charge in [0.2, 0.25) is 0 Å². The molecule has 0 aliphatic rings. The maximum absolute atomic E-state index is 11.8. The molecule has 0 unspecified atom stereocenters. The van der Waals surface area contributed by atoms with Crippen molar-refractivity contribution >= 4 is 40.9 Å². The standard InChI is InChI=1S/C19H18ClN3O2/c1-13-8-11-16(12-17(13)20)21-18(24)19(25)23-22-14(2)9-10-15-6-4-3-5-7-15/h3-12H,1-2H3,(H,21,24)(H,23,25)/b10-9+,22-14+. The first kappa shape index (κ1) is 18.4. The van der Waals surface area contributed by atoms with E-state index in [2.05, 4.69) is 15.8 Å². The molecule has 0 radical (unpaired) electrons. The highest BCUT2D eigenvalue weighted by molar-refractivity contribution is 6.40. The molecule has 0 heterocycles. The second-order valence-corrected chi connectivity index (χ2v) is 5.76. The van der Waals surface area contributed by atoms with E-state index in [0.717, 1.165) is 11.1 Å². The summed E-state index contributed by atoms with van der Waals surface area (Å²) < 4.78 is 0. The van der Waals surface area contributed by atoms with E-state index in [0.29, 0.717) is 16.4 Å². The number of halogens is 1. The van der Waals surface area contributed by atoms with Gasteiger partial charge in [0, 0.05) is 10.7 Å². The molecule has 2 amide bonds. The fourth-order valence-electron chi connectivity index (χ4n) is 1.87. The molecular formula is C19H18ClN3O2. The van der Waals surface area contributed by atoms with Gasteiger partial charge in [0.05, 0.1) is 5.71 Å². The van der Waals surface area contributed by atoms with Crippen LogP contribution in [0.25, 0.3) is 6.08 Å². The van der Waals surface area contributed by atoms with Crippen LogP contribution in [-0.2, 0) is 9.59 Å². The van der Waals surface area contributed by atoms with Crippen LogP contribution in [0, 0.1) is 6.92 Å². The molecule has 0 saturated carbocycles. The minimum Gasteiger partial charge on any atom is -0.318 e. The zero-order chi connectivity index (χ0) is 18.2. The molecule has 6 heteroatoms. The molecular weight excluding hydrogens is 338 g/mol. The number of allylic oxidation sites excluding steroid dienone is 1. The van der Waals surface area contributed by atoms with E-state index in [-0.39, 0.29) is 0 Å². The number of aryl methyl sites for hydroxylation is 1. The van der Waals surface area contributed by atoms with E-state index >= 15 is 0 Å². The second-order valence-electron chi connectivity index (χ2n) is 5.36. The van der Waals surface area contributed by atoms with Gasteiger partial charge in [-0.15, -0.1) is 0 Å². The quantitative estimate of drug-likeness (QED) is 0.497. The van der Waals surface area contributed by atoms with Gasteiger partial charge in [-0.2, -0.15) is 5.10 Å². The summed E-state index contributed by atoms with van der Waals surface area (Å²) in [7, 11) is 0. The number of amides is 2. The molecule has 0 aromatic heterocycles. The van der Waals surface area contributed by atoms with Crippen molar-refractivity contribution in [2.75, 3.05) is 5.32 Å². The van der Waals surface area contributed by atoms with Crippen molar-refractivity contribution in [3.05, 3.63) is 70.8 Å². The number of nitrogens with zero attached hydrogens (tertiary/aromatic N) is 1. The van der Waals surface area contributed by atoms with Gasteiger partial charge in [0.15, 0.2) is 0 Å². The molecule has 0 aliphatic carbocycles. The van der Waals surface area contributed by atoms with Gasteiger partial charge < -0.3 is 5.32 Å². The molecule has 2 N–H and O–H groups in total. The average Bonchev–Trinajstić information content (AvgIpc) is 2.61. The Bertz CT molecular complexity index is 830. The Morgan fingerprint density at radius 1 is 1.08 bits per heavy atom. The zero-order valence-electron chi connectivity index (χ0n) is 13.9. The van der Waals surface area contributed by atoms with E-state index in [1.165, 1.54) is 0 Å². The van der Waals surface area contributed by atoms with E-state index in [1.54, 1.807) is 31.2 Å². The average molecular weight is 356 g/mol. The van der Waals surface area contributed by atoms with Gasteiger partial charge in [0.1, 0.15) is 0 Å². The van der Waals surface area contributed by atoms with Crippen molar-refractivity contribution in [3.8, 4) is 0 Å². The number of nitrogens with one attached hydrogen (secondary N) is 2. The molecule has 2 aromatic rings. The number of carbonyl (C=O) groups is 2. The van der Waals surface area contributed by atoms with Gasteiger partial charge >= 0.3 is 11.8 Å². The molecule has 25 heavy (non-hydrogen) atoms. The van der Waals surface area contributed by atoms with Gasteiger partial charge in [-0.05, 0) is 43.2 Å². The Morgan fingerprint density at radius 3 is 2.48 bits per heavy atom. The van der Waals surface area contributed by atoms with Crippen LogP contribution in [0.3, 0.4) is 0 Å². The Morgan fingerprint density at radius 2 is 1.80 bits per heavy atom. The Balaban J connectivity index is 1.90. The molecule has 5 nitrogen and oxygen atoms in total. The lowest BCUT2D eigenvalue weighted by atomic mass is 10.2. The second kappa shape index (κ2) is 8.80. The molecule has 0 aliphatic heterocycles. The van der Waals surface area contributed by atoms with Crippen LogP contribution in [0.4, 0.5) is 5.69 Å². The summed E-state index contributed by atoms with van der Waals surface area (Å²) in [5.74, 6) is -1.67. The molecule has 0 spiro atoms. The summed E-state index contributed by atoms with van der Waals surface area (Å²) >= 11 is 5.98. The van der Waals surface area contributed by atoms with Gasteiger partial charge in [-0.3, -0.25) is 9.59 Å². The van der Waals surface area contributed by atoms with Crippen LogP contribution in [0.2, 0.25) is 5.02 Å². The minimum atomic E-state index is -0.857. The number of rotatable bonds is 4. The largest absolute Gasteiger partial charge is 0.329 e. The molecule has 0 saturated heterocycles. The topological polar surface area (TPSA) is 70.6 Å². The highest BCUT2D eigenvalue weighted by Crippen LogP contribution is 2.19. The maximum Gasteiger partial charge on any atom is 0.329 e. The Hall–Kier alpha value is -2.92. The van der Waals surface area contributed by atoms with Crippen LogP contribution < -0.4 is 10.7 Å². The molecule has 2 rings (SSSR count). The van der Waals surface area contributed by atoms with Crippen LogP contribution in [-0.4, -0.2) is 17.5 Å². The smallest absolute Gasteiger partial charge is 0.318 e. The lowest BCUT2D eigenvalue weighted by Gasteiger charge is -2.06. The van der Waals surface area contributed by atoms with Crippen LogP contribution in [0.15, 0.2) is 59.7 Å². The third-order valence-corrected chi connectivity index (χ3v) is 3.69. The van der Waals surface area contributed by atoms with E-state index in [4.69, 9.17) is 11.6 Å². The predicted molar refractivity (Wildman–Crippen MR) is 102 cm³/mol. The molecule has 0 fully saturated rings. The summed E-state index contributed by atoms with van der Waals surface area (Å²) in [6.07, 6.45) is 3.60. The molecule has 2 aromatic carbocycles. The summed E-state index contributed by atoms with van der Waals surface area (Å²) in [5.41, 5.74) is 5.12. The van der Waals surface area contributed by atoms with Gasteiger partial charge in [-0.1, -0.05) is 54.1 Å². The third kappa shape index (κ3) is 5.90. The third-order valence-electron chi connectivity index (χ3n) is 3.29. The number of hydrogen-bond donors (Lipinski definition) is 2. The number of hydrogen-bond acceptors (Lipinski definition) is 3. The van der Waals surface area contributed by atoms with Gasteiger partial charge in [0.25, 0.3) is 0 Å². The van der Waals surface area contributed by atoms with Crippen molar-refractivity contribution < 1.29 is 9.59 Å². The zero-order valence-corrected chi connectivity index (χ0v) is 14.7. The van der Waals surface area contributed by atoms with Crippen LogP contribution in [0.1, 0.15) is 18.1 Å². The first-order chi connectivity index (χ1) is 12.0. The van der Waals surface area contributed by atoms with Crippen molar-refractivity contribution in [2.45, 2.75) is 13.8 Å². The normalized spacial score (nSPS) is 11.4. The predicted octanol–water partition coefficient (Wildman–Crippen LogP) is 3.79. The van der Waals surface area contributed by atoms with Crippen molar-refractivity contribution in [3.63, 3.8) is 0 Å². The fraction of sp³-hybridized carbons (Fsp3) is 0.105. The van der Waals surface area contributed by atoms with Gasteiger partial charge in [-0.25, -0.2) is 5.43 Å². The lowest BCUT2D eigenvalue weighted by Crippen LogP contribution is -2.32. The van der Waals surface area contributed by atoms with E-state index < -0.39 is 11.8 Å². The summed E-state index contributed by atoms with van der Waals surface area (Å²) in [5, 5.41) is 6.86. The number of carbonyl (C=O) groups excluding carboxylic acids is 2. The molecule has 0 bridgehead atoms. The molecule has 0 atom stereocenters. The SMILES string of the molecule is CC(/C=C/c1ccccc1)=N\NC(=O)C(=O)Nc1ccc(C)c(Cl)c1. The Labute approximate surface area is 151 Å². The fourth-order valence-corrected chi connectivity index (χ4v) is 2.05. The molecule has 128 valence electrons. The highest BCUT2D eigenvalue weighted by atomic mass is 35.5. The van der Waals surface area contributed by atoms with Crippen LogP contribution >= 0.6 is 11.6 Å². The summed E-state index contributed by atoms with van der Waals surface area (Å²) in [4.78, 5) is 23.6. The highest BCUT2D eigenvalue weighted by Gasteiger charge is 2.13. The summed E-state index contributed by atoms with van der Waals surface area (Å²) in [6.45, 7) is 3.57. The number of anilines is 1. The number of hydrazone groups is 1. The minimum absolute atomic E-state index is 0.445. The maximum atomic E-state index is 11.8. The summed E-state index contributed by atoms with van der Waals surface area (Å²) in [6, 6.07) is 14.7. The van der Waals surface area contributed by atoms with Crippen molar-refractivity contribution in [1.29, 1.82) is 0 Å². The monoisotopic (exact) mass is 355 g/mol. The Kier molecular flexibility index (Phi) is 6.48. The lowest BCUT2D eigenvalue weighted by molar-refractivity contribution is -0.136. The van der Waals surface area contributed by atoms with Crippen molar-refractivity contribution in [1.82, 2.24) is 5.43 Å². The first-order valence-electron chi connectivity index (χ1n) is 7.60.